The summed E-state index contributed by atoms with van der Waals surface area (Å²) < 4.78 is 1.60. The van der Waals surface area contributed by atoms with Gasteiger partial charge in [0.25, 0.3) is 0 Å². The number of H-pyrrole nitrogens is 1. The molecule has 0 bridgehead atoms. The van der Waals surface area contributed by atoms with Crippen molar-refractivity contribution in [2.75, 3.05) is 6.61 Å². The van der Waals surface area contributed by atoms with E-state index in [1.807, 2.05) is 6.92 Å². The molecule has 1 aromatic rings. The van der Waals surface area contributed by atoms with Gasteiger partial charge in [0.15, 0.2) is 5.16 Å². The monoisotopic (exact) mass is 272 g/mol. The summed E-state index contributed by atoms with van der Waals surface area (Å²) in [5.74, 6) is 0.514. The lowest BCUT2D eigenvalue weighted by Gasteiger charge is -2.20. The van der Waals surface area contributed by atoms with E-state index < -0.39 is 0 Å². The molecule has 2 atom stereocenters. The molecule has 1 aliphatic carbocycles. The number of hydrogen-bond donors (Lipinski definition) is 3. The molecule has 2 rings (SSSR count). The first kappa shape index (κ1) is 13.6. The van der Waals surface area contributed by atoms with Gasteiger partial charge in [-0.05, 0) is 25.2 Å². The molecule has 18 heavy (non-hydrogen) atoms. The summed E-state index contributed by atoms with van der Waals surface area (Å²) in [6.07, 6.45) is 3.15. The molecule has 0 aromatic carbocycles. The number of aromatic nitrogens is 3. The smallest absolute Gasteiger partial charge is 0.343 e. The van der Waals surface area contributed by atoms with E-state index in [1.165, 1.54) is 11.8 Å². The Labute approximate surface area is 110 Å². The van der Waals surface area contributed by atoms with E-state index in [1.54, 1.807) is 4.57 Å². The molecule has 1 fully saturated rings. The van der Waals surface area contributed by atoms with E-state index in [9.17, 15) is 9.90 Å². The van der Waals surface area contributed by atoms with Crippen molar-refractivity contribution in [3.8, 4) is 0 Å². The van der Waals surface area contributed by atoms with Gasteiger partial charge in [-0.15, -0.1) is 5.10 Å². The minimum absolute atomic E-state index is 0.00943. The molecule has 1 saturated carbocycles. The zero-order valence-corrected chi connectivity index (χ0v) is 11.3. The fraction of sp³-hybridized carbons (Fsp3) is 0.818. The minimum atomic E-state index is -0.198. The van der Waals surface area contributed by atoms with E-state index >= 15 is 0 Å². The van der Waals surface area contributed by atoms with Gasteiger partial charge in [-0.1, -0.05) is 18.7 Å². The molecule has 0 amide bonds. The van der Waals surface area contributed by atoms with Crippen LogP contribution < -0.4 is 11.4 Å². The summed E-state index contributed by atoms with van der Waals surface area (Å²) in [6, 6.07) is -0.0260. The molecular formula is C11H20N4O2S. The Morgan fingerprint density at radius 1 is 1.67 bits per heavy atom. The number of aromatic amines is 1. The normalized spacial score (nSPS) is 18.8. The fourth-order valence-electron chi connectivity index (χ4n) is 1.97. The van der Waals surface area contributed by atoms with Crippen LogP contribution in [0.2, 0.25) is 0 Å². The second kappa shape index (κ2) is 5.90. The number of nitrogens with two attached hydrogens (primary N) is 1. The average molecular weight is 272 g/mol. The lowest BCUT2D eigenvalue weighted by Crippen LogP contribution is -2.37. The molecule has 0 aliphatic heterocycles. The number of hydrogen-bond acceptors (Lipinski definition) is 5. The van der Waals surface area contributed by atoms with Gasteiger partial charge in [0.05, 0.1) is 11.9 Å². The summed E-state index contributed by atoms with van der Waals surface area (Å²) in [7, 11) is 0. The summed E-state index contributed by atoms with van der Waals surface area (Å²) in [5.41, 5.74) is 5.91. The predicted octanol–water partition coefficient (Wildman–Crippen LogP) is 0.172. The predicted molar refractivity (Wildman–Crippen MR) is 70.6 cm³/mol. The van der Waals surface area contributed by atoms with Crippen LogP contribution in [0.15, 0.2) is 9.95 Å². The highest BCUT2D eigenvalue weighted by Gasteiger charge is 2.34. The zero-order valence-electron chi connectivity index (χ0n) is 10.5. The molecule has 4 N–H and O–H groups in total. The number of aliphatic hydroxyl groups is 1. The maximum Gasteiger partial charge on any atom is 0.343 e. The Balaban J connectivity index is 2.08. The molecule has 2 unspecified atom stereocenters. The number of aliphatic hydroxyl groups excluding tert-OH is 1. The summed E-state index contributed by atoms with van der Waals surface area (Å²) >= 11 is 1.40. The molecular weight excluding hydrogens is 252 g/mol. The highest BCUT2D eigenvalue weighted by molar-refractivity contribution is 7.99. The largest absolute Gasteiger partial charge is 0.395 e. The molecule has 102 valence electrons. The molecule has 1 heterocycles. The van der Waals surface area contributed by atoms with Gasteiger partial charge in [0.1, 0.15) is 0 Å². The van der Waals surface area contributed by atoms with Gasteiger partial charge in [-0.25, -0.2) is 9.89 Å². The van der Waals surface area contributed by atoms with Crippen molar-refractivity contribution in [1.82, 2.24) is 14.8 Å². The van der Waals surface area contributed by atoms with Crippen LogP contribution in [0.3, 0.4) is 0 Å². The molecule has 0 spiro atoms. The third kappa shape index (κ3) is 2.96. The van der Waals surface area contributed by atoms with Crippen LogP contribution in [-0.2, 0) is 6.54 Å². The second-order valence-electron chi connectivity index (χ2n) is 4.72. The van der Waals surface area contributed by atoms with Crippen molar-refractivity contribution >= 4 is 11.8 Å². The van der Waals surface area contributed by atoms with Gasteiger partial charge in [-0.2, -0.15) is 0 Å². The first-order valence-corrected chi connectivity index (χ1v) is 7.23. The van der Waals surface area contributed by atoms with Gasteiger partial charge in [-0.3, -0.25) is 4.57 Å². The molecule has 6 nitrogen and oxygen atoms in total. The zero-order chi connectivity index (χ0) is 13.1. The third-order valence-corrected chi connectivity index (χ3v) is 4.49. The first-order valence-electron chi connectivity index (χ1n) is 6.35. The van der Waals surface area contributed by atoms with Crippen LogP contribution in [-0.4, -0.2) is 37.8 Å². The van der Waals surface area contributed by atoms with E-state index in [4.69, 9.17) is 5.73 Å². The Bertz CT molecular complexity index is 440. The van der Waals surface area contributed by atoms with Crippen LogP contribution in [0.25, 0.3) is 0 Å². The van der Waals surface area contributed by atoms with Crippen molar-refractivity contribution in [2.45, 2.75) is 49.2 Å². The van der Waals surface area contributed by atoms with Crippen molar-refractivity contribution < 1.29 is 5.11 Å². The van der Waals surface area contributed by atoms with Gasteiger partial charge in [0.2, 0.25) is 0 Å². The highest BCUT2D eigenvalue weighted by Crippen LogP contribution is 2.37. The topological polar surface area (TPSA) is 96.9 Å². The SMILES string of the molecule is CCCn1c(SC(CO)C(N)C2CC2)n[nH]c1=O. The van der Waals surface area contributed by atoms with Crippen LogP contribution in [0.5, 0.6) is 0 Å². The molecule has 7 heteroatoms. The van der Waals surface area contributed by atoms with Gasteiger partial charge < -0.3 is 10.8 Å². The van der Waals surface area contributed by atoms with E-state index in [2.05, 4.69) is 10.2 Å². The summed E-state index contributed by atoms with van der Waals surface area (Å²) in [6.45, 7) is 2.65. The molecule has 0 radical (unpaired) electrons. The number of nitrogens with zero attached hydrogens (tertiary/aromatic N) is 2. The highest BCUT2D eigenvalue weighted by atomic mass is 32.2. The van der Waals surface area contributed by atoms with Crippen molar-refractivity contribution in [3.63, 3.8) is 0 Å². The minimum Gasteiger partial charge on any atom is -0.395 e. The van der Waals surface area contributed by atoms with E-state index in [-0.39, 0.29) is 23.6 Å². The van der Waals surface area contributed by atoms with E-state index in [0.29, 0.717) is 17.6 Å². The van der Waals surface area contributed by atoms with Crippen LogP contribution >= 0.6 is 11.8 Å². The summed E-state index contributed by atoms with van der Waals surface area (Å²) in [4.78, 5) is 11.6. The van der Waals surface area contributed by atoms with Gasteiger partial charge >= 0.3 is 5.69 Å². The quantitative estimate of drug-likeness (QED) is 0.615. The third-order valence-electron chi connectivity index (χ3n) is 3.20. The Morgan fingerprint density at radius 3 is 2.94 bits per heavy atom. The maximum atomic E-state index is 11.6. The van der Waals surface area contributed by atoms with Crippen LogP contribution in [0.4, 0.5) is 0 Å². The van der Waals surface area contributed by atoms with Crippen molar-refractivity contribution in [1.29, 1.82) is 0 Å². The maximum absolute atomic E-state index is 11.6. The number of nitrogens with one attached hydrogen (secondary N) is 1. The van der Waals surface area contributed by atoms with Crippen LogP contribution in [0, 0.1) is 5.92 Å². The Kier molecular flexibility index (Phi) is 4.47. The second-order valence-corrected chi connectivity index (χ2v) is 5.92. The van der Waals surface area contributed by atoms with Crippen molar-refractivity contribution in [2.24, 2.45) is 11.7 Å². The average Bonchev–Trinajstić information content (AvgIpc) is 3.15. The first-order chi connectivity index (χ1) is 8.67. The molecule has 1 aliphatic rings. The number of thioether (sulfide) groups is 1. The Hall–Kier alpha value is -0.790. The van der Waals surface area contributed by atoms with Gasteiger partial charge in [0, 0.05) is 12.6 Å². The van der Waals surface area contributed by atoms with Crippen molar-refractivity contribution in [3.05, 3.63) is 10.5 Å². The van der Waals surface area contributed by atoms with E-state index in [0.717, 1.165) is 19.3 Å². The van der Waals surface area contributed by atoms with Crippen LogP contribution in [0.1, 0.15) is 26.2 Å². The Morgan fingerprint density at radius 2 is 2.39 bits per heavy atom. The summed E-state index contributed by atoms with van der Waals surface area (Å²) in [5, 5.41) is 16.4. The molecule has 1 aromatic heterocycles. The lowest BCUT2D eigenvalue weighted by atomic mass is 10.1. The lowest BCUT2D eigenvalue weighted by molar-refractivity contribution is 0.277. The standard InChI is InChI=1S/C11H20N4O2S/c1-2-5-15-10(17)13-14-11(15)18-8(6-16)9(12)7-3-4-7/h7-9,16H,2-6,12H2,1H3,(H,13,17). The number of rotatable bonds is 7. The fourth-order valence-corrected chi connectivity index (χ4v) is 3.10. The molecule has 0 saturated heterocycles.